The molecule has 6 nitrogen and oxygen atoms in total. The van der Waals surface area contributed by atoms with Gasteiger partial charge in [-0.15, -0.1) is 0 Å². The van der Waals surface area contributed by atoms with Gasteiger partial charge in [-0.3, -0.25) is 0 Å². The predicted molar refractivity (Wildman–Crippen MR) is 56.3 cm³/mol. The molecule has 0 saturated carbocycles. The molecule has 2 amide bonds. The van der Waals surface area contributed by atoms with Gasteiger partial charge in [0.1, 0.15) is 0 Å². The number of quaternary nitrogens is 1. The fourth-order valence-corrected chi connectivity index (χ4v) is 1.35. The van der Waals surface area contributed by atoms with E-state index in [1.165, 1.54) is 0 Å². The Morgan fingerprint density at radius 3 is 2.27 bits per heavy atom. The second-order valence-electron chi connectivity index (χ2n) is 4.40. The molecule has 0 heterocycles. The highest BCUT2D eigenvalue weighted by atomic mass is 16.4. The van der Waals surface area contributed by atoms with Crippen LogP contribution in [0.25, 0.3) is 0 Å². The molecule has 0 aromatic carbocycles. The van der Waals surface area contributed by atoms with E-state index in [4.69, 9.17) is 10.8 Å². The first kappa shape index (κ1) is 13.7. The molecule has 4 N–H and O–H groups in total. The van der Waals surface area contributed by atoms with E-state index < -0.39 is 18.0 Å². The van der Waals surface area contributed by atoms with E-state index in [9.17, 15) is 9.59 Å². The molecule has 88 valence electrons. The monoisotopic (exact) mass is 218 g/mol. The standard InChI is InChI=1S/C9H19N3O3/c1-12(2,3)7(8(13)14)5-4-6-11-9(10)15/h7H,4-6H2,1-3H3,(H3-,10,11,13,14,15)/p+1. The van der Waals surface area contributed by atoms with E-state index >= 15 is 0 Å². The number of amides is 2. The second kappa shape index (κ2) is 5.55. The first-order valence-corrected chi connectivity index (χ1v) is 4.82. The topological polar surface area (TPSA) is 92.4 Å². The molecule has 0 saturated heterocycles. The van der Waals surface area contributed by atoms with Crippen LogP contribution in [0.2, 0.25) is 0 Å². The maximum absolute atomic E-state index is 10.9. The van der Waals surface area contributed by atoms with Crippen LogP contribution in [0.4, 0.5) is 4.79 Å². The number of likely N-dealkylation sites (N-methyl/N-ethyl adjacent to an activating group) is 1. The summed E-state index contributed by atoms with van der Waals surface area (Å²) in [6.45, 7) is 0.416. The number of nitrogens with one attached hydrogen (secondary N) is 1. The number of aliphatic carboxylic acids is 1. The summed E-state index contributed by atoms with van der Waals surface area (Å²) in [6, 6.07) is -1.04. The Hall–Kier alpha value is -1.30. The van der Waals surface area contributed by atoms with Gasteiger partial charge in [-0.2, -0.15) is 0 Å². The van der Waals surface area contributed by atoms with E-state index in [2.05, 4.69) is 5.32 Å². The van der Waals surface area contributed by atoms with Crippen molar-refractivity contribution in [2.24, 2.45) is 5.73 Å². The summed E-state index contributed by atoms with van der Waals surface area (Å²) in [5.74, 6) is -0.818. The number of hydrogen-bond donors (Lipinski definition) is 3. The molecule has 0 aromatic rings. The van der Waals surface area contributed by atoms with Crippen molar-refractivity contribution in [1.29, 1.82) is 0 Å². The van der Waals surface area contributed by atoms with Crippen molar-refractivity contribution >= 4 is 12.0 Å². The van der Waals surface area contributed by atoms with E-state index in [1.54, 1.807) is 0 Å². The first-order valence-electron chi connectivity index (χ1n) is 4.82. The smallest absolute Gasteiger partial charge is 0.362 e. The average Bonchev–Trinajstić information content (AvgIpc) is 1.99. The third kappa shape index (κ3) is 5.90. The Balaban J connectivity index is 3.99. The Morgan fingerprint density at radius 1 is 1.40 bits per heavy atom. The van der Waals surface area contributed by atoms with Gasteiger partial charge in [0.05, 0.1) is 21.1 Å². The molecule has 0 bridgehead atoms. The molecule has 0 aliphatic heterocycles. The van der Waals surface area contributed by atoms with Crippen LogP contribution in [0.1, 0.15) is 12.8 Å². The van der Waals surface area contributed by atoms with Crippen molar-refractivity contribution in [3.8, 4) is 0 Å². The van der Waals surface area contributed by atoms with Crippen LogP contribution >= 0.6 is 0 Å². The number of rotatable bonds is 6. The number of primary amides is 1. The minimum Gasteiger partial charge on any atom is -0.477 e. The number of nitrogens with zero attached hydrogens (tertiary/aromatic N) is 1. The molecular weight excluding hydrogens is 198 g/mol. The highest BCUT2D eigenvalue weighted by Gasteiger charge is 2.30. The fourth-order valence-electron chi connectivity index (χ4n) is 1.35. The maximum Gasteiger partial charge on any atom is 0.362 e. The van der Waals surface area contributed by atoms with Crippen molar-refractivity contribution in [3.05, 3.63) is 0 Å². The number of carboxylic acids is 1. The Morgan fingerprint density at radius 2 is 1.93 bits per heavy atom. The zero-order chi connectivity index (χ0) is 12.1. The lowest BCUT2D eigenvalue weighted by Crippen LogP contribution is -2.50. The van der Waals surface area contributed by atoms with Gasteiger partial charge >= 0.3 is 12.0 Å². The summed E-state index contributed by atoms with van der Waals surface area (Å²) in [7, 11) is 5.50. The Kier molecular flexibility index (Phi) is 5.07. The molecule has 0 aromatic heterocycles. The molecule has 15 heavy (non-hydrogen) atoms. The average molecular weight is 218 g/mol. The SMILES string of the molecule is C[N+](C)(C)C(CCCNC(N)=O)C(=O)O. The maximum atomic E-state index is 10.9. The molecule has 1 unspecified atom stereocenters. The lowest BCUT2D eigenvalue weighted by Gasteiger charge is -2.31. The molecule has 0 radical (unpaired) electrons. The van der Waals surface area contributed by atoms with Crippen molar-refractivity contribution in [1.82, 2.24) is 5.32 Å². The molecule has 1 atom stereocenters. The summed E-state index contributed by atoms with van der Waals surface area (Å²) < 4.78 is 0.367. The van der Waals surface area contributed by atoms with E-state index in [0.717, 1.165) is 0 Å². The third-order valence-corrected chi connectivity index (χ3v) is 2.17. The van der Waals surface area contributed by atoms with Crippen LogP contribution in [0.3, 0.4) is 0 Å². The van der Waals surface area contributed by atoms with Crippen LogP contribution in [-0.2, 0) is 4.79 Å². The summed E-state index contributed by atoms with van der Waals surface area (Å²) in [6.07, 6.45) is 1.12. The minimum absolute atomic E-state index is 0.367. The van der Waals surface area contributed by atoms with E-state index in [0.29, 0.717) is 23.9 Å². The number of urea groups is 1. The van der Waals surface area contributed by atoms with Gasteiger partial charge in [0.25, 0.3) is 0 Å². The van der Waals surface area contributed by atoms with Gasteiger partial charge < -0.3 is 20.6 Å². The molecule has 0 spiro atoms. The highest BCUT2D eigenvalue weighted by molar-refractivity contribution is 5.72. The predicted octanol–water partition coefficient (Wildman–Crippen LogP) is -0.406. The van der Waals surface area contributed by atoms with Gasteiger partial charge in [0.2, 0.25) is 0 Å². The van der Waals surface area contributed by atoms with Crippen molar-refractivity contribution in [2.75, 3.05) is 27.7 Å². The van der Waals surface area contributed by atoms with Gasteiger partial charge in [-0.25, -0.2) is 9.59 Å². The van der Waals surface area contributed by atoms with Gasteiger partial charge in [-0.1, -0.05) is 0 Å². The fraction of sp³-hybridized carbons (Fsp3) is 0.778. The molecule has 0 aliphatic rings. The van der Waals surface area contributed by atoms with Crippen molar-refractivity contribution < 1.29 is 19.2 Å². The summed E-state index contributed by atoms with van der Waals surface area (Å²) in [4.78, 5) is 21.3. The lowest BCUT2D eigenvalue weighted by molar-refractivity contribution is -0.887. The molecule has 0 aliphatic carbocycles. The minimum atomic E-state index is -0.818. The van der Waals surface area contributed by atoms with Crippen LogP contribution in [0.5, 0.6) is 0 Å². The van der Waals surface area contributed by atoms with Crippen LogP contribution < -0.4 is 11.1 Å². The van der Waals surface area contributed by atoms with E-state index in [-0.39, 0.29) is 0 Å². The van der Waals surface area contributed by atoms with E-state index in [1.807, 2.05) is 21.1 Å². The number of nitrogens with two attached hydrogens (primary N) is 1. The van der Waals surface area contributed by atoms with Gasteiger partial charge in [0.15, 0.2) is 6.04 Å². The Bertz CT molecular complexity index is 235. The first-order chi connectivity index (χ1) is 6.75. The molecule has 0 fully saturated rings. The number of hydrogen-bond acceptors (Lipinski definition) is 2. The number of carbonyl (C=O) groups excluding carboxylic acids is 1. The molecule has 6 heteroatoms. The Labute approximate surface area is 89.6 Å². The summed E-state index contributed by atoms with van der Waals surface area (Å²) in [5, 5.41) is 11.4. The summed E-state index contributed by atoms with van der Waals surface area (Å²) in [5.41, 5.74) is 4.88. The largest absolute Gasteiger partial charge is 0.477 e. The summed E-state index contributed by atoms with van der Waals surface area (Å²) >= 11 is 0. The van der Waals surface area contributed by atoms with Crippen LogP contribution in [-0.4, -0.2) is 55.3 Å². The van der Waals surface area contributed by atoms with Gasteiger partial charge in [0, 0.05) is 13.0 Å². The molecular formula is C9H20N3O3+. The van der Waals surface area contributed by atoms with Crippen molar-refractivity contribution in [2.45, 2.75) is 18.9 Å². The van der Waals surface area contributed by atoms with Gasteiger partial charge in [-0.05, 0) is 6.42 Å². The molecule has 0 rings (SSSR count). The number of carboxylic acid groups (broad SMARTS) is 1. The lowest BCUT2D eigenvalue weighted by atomic mass is 10.1. The second-order valence-corrected chi connectivity index (χ2v) is 4.40. The quantitative estimate of drug-likeness (QED) is 0.418. The number of carbonyl (C=O) groups is 2. The highest BCUT2D eigenvalue weighted by Crippen LogP contribution is 2.09. The van der Waals surface area contributed by atoms with Crippen LogP contribution in [0, 0.1) is 0 Å². The normalized spacial score (nSPS) is 13.3. The third-order valence-electron chi connectivity index (χ3n) is 2.17. The van der Waals surface area contributed by atoms with Crippen molar-refractivity contribution in [3.63, 3.8) is 0 Å². The zero-order valence-electron chi connectivity index (χ0n) is 9.49. The zero-order valence-corrected chi connectivity index (χ0v) is 9.49. The van der Waals surface area contributed by atoms with Crippen LogP contribution in [0.15, 0.2) is 0 Å².